The lowest BCUT2D eigenvalue weighted by Gasteiger charge is -2.18. The van der Waals surface area contributed by atoms with Crippen LogP contribution < -0.4 is 5.43 Å². The molecular weight excluding hydrogens is 154 g/mol. The first kappa shape index (κ1) is 7.50. The highest BCUT2D eigenvalue weighted by atomic mass is 35.5. The van der Waals surface area contributed by atoms with Crippen LogP contribution in [0.4, 0.5) is 0 Å². The molecule has 0 aromatic heterocycles. The van der Waals surface area contributed by atoms with Crippen molar-refractivity contribution in [2.75, 3.05) is 6.61 Å². The Hall–Kier alpha value is -0.610. The predicted molar refractivity (Wildman–Crippen MR) is 37.3 cm³/mol. The molecule has 1 atom stereocenters. The van der Waals surface area contributed by atoms with Gasteiger partial charge >= 0.3 is 0 Å². The lowest BCUT2D eigenvalue weighted by Crippen LogP contribution is -2.23. The van der Waals surface area contributed by atoms with Gasteiger partial charge in [0.25, 0.3) is 5.18 Å². The molecule has 0 aliphatic carbocycles. The van der Waals surface area contributed by atoms with Gasteiger partial charge in [-0.05, 0) is 6.92 Å². The fourth-order valence-electron chi connectivity index (χ4n) is 0.583. The molecule has 0 bridgehead atoms. The standard InChI is InChI=1S/C5H8ClN3O/c1-2-10-5(6)3-4-7-9-8-5/h3-4H,2H2,1H3,(H,7,8). The number of halogens is 1. The fraction of sp³-hybridized carbons (Fsp3) is 0.600. The van der Waals surface area contributed by atoms with Crippen LogP contribution in [0.1, 0.15) is 6.92 Å². The monoisotopic (exact) mass is 161 g/mol. The summed E-state index contributed by atoms with van der Waals surface area (Å²) in [5.74, 6) is 0. The summed E-state index contributed by atoms with van der Waals surface area (Å²) < 4.78 is 5.05. The molecule has 1 heterocycles. The fourth-order valence-corrected chi connectivity index (χ4v) is 0.793. The molecule has 10 heavy (non-hydrogen) atoms. The van der Waals surface area contributed by atoms with Gasteiger partial charge in [-0.25, -0.2) is 0 Å². The zero-order chi connectivity index (χ0) is 7.45. The van der Waals surface area contributed by atoms with Gasteiger partial charge in [0.1, 0.15) is 0 Å². The molecule has 5 heteroatoms. The van der Waals surface area contributed by atoms with Crippen LogP contribution in [0.5, 0.6) is 0 Å². The number of ether oxygens (including phenoxy) is 1. The average molecular weight is 162 g/mol. The Balaban J connectivity index is 2.56. The molecule has 56 valence electrons. The third kappa shape index (κ3) is 1.68. The molecular formula is C5H8ClN3O. The minimum atomic E-state index is -1.08. The number of nitrogens with zero attached hydrogens (tertiary/aromatic N) is 2. The summed E-state index contributed by atoms with van der Waals surface area (Å²) in [4.78, 5) is 0. The van der Waals surface area contributed by atoms with Crippen molar-refractivity contribution in [1.82, 2.24) is 5.43 Å². The first-order valence-corrected chi connectivity index (χ1v) is 3.32. The van der Waals surface area contributed by atoms with Crippen molar-refractivity contribution < 1.29 is 4.74 Å². The molecule has 1 aliphatic heterocycles. The van der Waals surface area contributed by atoms with E-state index in [4.69, 9.17) is 16.3 Å². The second-order valence-corrected chi connectivity index (χ2v) is 2.25. The number of hydrogen-bond acceptors (Lipinski definition) is 4. The van der Waals surface area contributed by atoms with E-state index in [9.17, 15) is 0 Å². The molecule has 0 saturated carbocycles. The van der Waals surface area contributed by atoms with Gasteiger partial charge in [-0.3, -0.25) is 5.43 Å². The first-order valence-electron chi connectivity index (χ1n) is 2.95. The molecule has 1 rings (SSSR count). The van der Waals surface area contributed by atoms with Gasteiger partial charge in [-0.2, -0.15) is 0 Å². The minimum Gasteiger partial charge on any atom is -0.337 e. The number of nitrogens with one attached hydrogen (secondary N) is 1. The summed E-state index contributed by atoms with van der Waals surface area (Å²) in [7, 11) is 0. The van der Waals surface area contributed by atoms with Crippen molar-refractivity contribution in [2.24, 2.45) is 10.3 Å². The largest absolute Gasteiger partial charge is 0.337 e. The Bertz CT molecular complexity index is 156. The van der Waals surface area contributed by atoms with Gasteiger partial charge in [-0.15, -0.1) is 5.11 Å². The summed E-state index contributed by atoms with van der Waals surface area (Å²) in [6.45, 7) is 2.35. The van der Waals surface area contributed by atoms with Crippen LogP contribution in [0.3, 0.4) is 0 Å². The molecule has 0 amide bonds. The summed E-state index contributed by atoms with van der Waals surface area (Å²) in [6, 6.07) is 0. The Morgan fingerprint density at radius 2 is 2.60 bits per heavy atom. The highest BCUT2D eigenvalue weighted by molar-refractivity contribution is 6.24. The van der Waals surface area contributed by atoms with Gasteiger partial charge in [0.05, 0.1) is 0 Å². The molecule has 1 aliphatic rings. The van der Waals surface area contributed by atoms with Crippen molar-refractivity contribution in [1.29, 1.82) is 0 Å². The Labute approximate surface area is 63.9 Å². The maximum atomic E-state index is 5.77. The van der Waals surface area contributed by atoms with E-state index in [1.807, 2.05) is 6.92 Å². The van der Waals surface area contributed by atoms with Crippen molar-refractivity contribution in [3.8, 4) is 0 Å². The maximum absolute atomic E-state index is 5.77. The zero-order valence-electron chi connectivity index (χ0n) is 5.54. The quantitative estimate of drug-likeness (QED) is 0.492. The smallest absolute Gasteiger partial charge is 0.279 e. The van der Waals surface area contributed by atoms with Gasteiger partial charge in [0, 0.05) is 18.9 Å². The van der Waals surface area contributed by atoms with Crippen molar-refractivity contribution in [3.63, 3.8) is 0 Å². The summed E-state index contributed by atoms with van der Waals surface area (Å²) in [5.41, 5.74) is 2.51. The molecule has 1 unspecified atom stereocenters. The normalized spacial score (nSPS) is 30.2. The molecule has 0 aromatic rings. The van der Waals surface area contributed by atoms with Crippen LogP contribution in [0, 0.1) is 0 Å². The van der Waals surface area contributed by atoms with Crippen LogP contribution in [-0.4, -0.2) is 11.8 Å². The molecule has 0 aromatic carbocycles. The number of alkyl halides is 1. The van der Waals surface area contributed by atoms with Crippen LogP contribution in [-0.2, 0) is 4.74 Å². The molecule has 0 fully saturated rings. The van der Waals surface area contributed by atoms with Gasteiger partial charge in [0.15, 0.2) is 0 Å². The highest BCUT2D eigenvalue weighted by Crippen LogP contribution is 2.22. The topological polar surface area (TPSA) is 46.0 Å². The lowest BCUT2D eigenvalue weighted by molar-refractivity contribution is 0.0609. The van der Waals surface area contributed by atoms with Crippen molar-refractivity contribution in [2.45, 2.75) is 12.1 Å². The van der Waals surface area contributed by atoms with Gasteiger partial charge < -0.3 is 4.74 Å². The van der Waals surface area contributed by atoms with E-state index in [1.165, 1.54) is 0 Å². The Morgan fingerprint density at radius 3 is 3.10 bits per heavy atom. The van der Waals surface area contributed by atoms with Crippen LogP contribution in [0.2, 0.25) is 0 Å². The number of rotatable bonds is 2. The van der Waals surface area contributed by atoms with Crippen molar-refractivity contribution >= 4 is 11.6 Å². The van der Waals surface area contributed by atoms with Gasteiger partial charge in [-0.1, -0.05) is 16.8 Å². The maximum Gasteiger partial charge on any atom is 0.279 e. The van der Waals surface area contributed by atoms with Crippen molar-refractivity contribution in [3.05, 3.63) is 12.3 Å². The summed E-state index contributed by atoms with van der Waals surface area (Å²) in [5, 5.41) is 6.02. The number of hydrogen-bond donors (Lipinski definition) is 1. The van der Waals surface area contributed by atoms with E-state index in [0.29, 0.717) is 6.61 Å². The van der Waals surface area contributed by atoms with E-state index < -0.39 is 5.18 Å². The van der Waals surface area contributed by atoms with E-state index >= 15 is 0 Å². The minimum absolute atomic E-state index is 0.507. The first-order chi connectivity index (χ1) is 4.77. The van der Waals surface area contributed by atoms with Crippen LogP contribution >= 0.6 is 11.6 Å². The third-order valence-electron chi connectivity index (χ3n) is 0.954. The second-order valence-electron chi connectivity index (χ2n) is 1.70. The second kappa shape index (κ2) is 2.98. The summed E-state index contributed by atoms with van der Waals surface area (Å²) in [6.07, 6.45) is 3.17. The van der Waals surface area contributed by atoms with E-state index in [-0.39, 0.29) is 0 Å². The highest BCUT2D eigenvalue weighted by Gasteiger charge is 2.24. The predicted octanol–water partition coefficient (Wildman–Crippen LogP) is 1.40. The lowest BCUT2D eigenvalue weighted by atomic mass is 10.5. The van der Waals surface area contributed by atoms with Gasteiger partial charge in [0.2, 0.25) is 0 Å². The Morgan fingerprint density at radius 1 is 1.80 bits per heavy atom. The zero-order valence-corrected chi connectivity index (χ0v) is 6.30. The SMILES string of the molecule is CCOC1(Cl)C=CNN=N1. The van der Waals surface area contributed by atoms with E-state index in [0.717, 1.165) is 0 Å². The molecule has 0 saturated heterocycles. The summed E-state index contributed by atoms with van der Waals surface area (Å²) >= 11 is 5.77. The van der Waals surface area contributed by atoms with Crippen LogP contribution in [0.15, 0.2) is 22.6 Å². The molecule has 1 N–H and O–H groups in total. The molecule has 4 nitrogen and oxygen atoms in total. The Kier molecular flexibility index (Phi) is 2.24. The third-order valence-corrected chi connectivity index (χ3v) is 1.26. The van der Waals surface area contributed by atoms with E-state index in [1.54, 1.807) is 12.3 Å². The van der Waals surface area contributed by atoms with Crippen LogP contribution in [0.25, 0.3) is 0 Å². The molecule has 0 spiro atoms. The van der Waals surface area contributed by atoms with E-state index in [2.05, 4.69) is 15.8 Å². The average Bonchev–Trinajstić information content (AvgIpc) is 1.89. The molecule has 0 radical (unpaired) electrons.